The molecular weight excluding hydrogens is 368 g/mol. The number of amides is 1. The average molecular weight is 392 g/mol. The second kappa shape index (κ2) is 9.54. The van der Waals surface area contributed by atoms with Gasteiger partial charge in [-0.25, -0.2) is 9.97 Å². The van der Waals surface area contributed by atoms with Crippen LogP contribution in [0.15, 0.2) is 54.6 Å². The first-order valence-electron chi connectivity index (χ1n) is 9.25. The minimum Gasteiger partial charge on any atom is -0.497 e. The number of benzene rings is 2. The minimum atomic E-state index is -0.240. The summed E-state index contributed by atoms with van der Waals surface area (Å²) in [6, 6.07) is 16.9. The third-order valence-corrected chi connectivity index (χ3v) is 4.27. The van der Waals surface area contributed by atoms with Crippen LogP contribution in [-0.2, 0) is 6.42 Å². The van der Waals surface area contributed by atoms with Gasteiger partial charge in [-0.1, -0.05) is 12.1 Å². The first kappa shape index (κ1) is 20.1. The maximum absolute atomic E-state index is 12.5. The number of nitrogens with one attached hydrogen (secondary N) is 2. The van der Waals surface area contributed by atoms with E-state index in [1.165, 1.54) is 0 Å². The minimum absolute atomic E-state index is 0.240. The summed E-state index contributed by atoms with van der Waals surface area (Å²) in [5.74, 6) is 2.40. The van der Waals surface area contributed by atoms with Gasteiger partial charge in [-0.3, -0.25) is 4.79 Å². The van der Waals surface area contributed by atoms with Gasteiger partial charge in [-0.2, -0.15) is 0 Å². The molecule has 0 radical (unpaired) electrons. The van der Waals surface area contributed by atoms with Crippen LogP contribution in [0.5, 0.6) is 11.5 Å². The van der Waals surface area contributed by atoms with Gasteiger partial charge in [0.25, 0.3) is 5.91 Å². The normalized spacial score (nSPS) is 10.3. The Morgan fingerprint density at radius 1 is 0.966 bits per heavy atom. The number of rotatable bonds is 8. The third-order valence-electron chi connectivity index (χ3n) is 4.27. The zero-order valence-corrected chi connectivity index (χ0v) is 16.7. The number of ether oxygens (including phenoxy) is 2. The maximum Gasteiger partial charge on any atom is 0.270 e. The summed E-state index contributed by atoms with van der Waals surface area (Å²) in [6.45, 7) is 2.25. The van der Waals surface area contributed by atoms with Crippen LogP contribution in [0.1, 0.15) is 21.9 Å². The van der Waals surface area contributed by atoms with Crippen molar-refractivity contribution in [3.63, 3.8) is 0 Å². The number of anilines is 2. The number of carbonyl (C=O) groups excluding carboxylic acids is 1. The monoisotopic (exact) mass is 392 g/mol. The lowest BCUT2D eigenvalue weighted by Gasteiger charge is -2.10. The van der Waals surface area contributed by atoms with E-state index in [0.29, 0.717) is 30.3 Å². The third kappa shape index (κ3) is 5.68. The number of hydrogen-bond donors (Lipinski definition) is 2. The van der Waals surface area contributed by atoms with Gasteiger partial charge in [0.1, 0.15) is 28.8 Å². The Morgan fingerprint density at radius 3 is 2.45 bits per heavy atom. The van der Waals surface area contributed by atoms with Crippen molar-refractivity contribution >= 4 is 17.4 Å². The molecule has 1 heterocycles. The van der Waals surface area contributed by atoms with E-state index in [9.17, 15) is 4.79 Å². The maximum atomic E-state index is 12.5. The van der Waals surface area contributed by atoms with Crippen LogP contribution in [-0.4, -0.2) is 36.6 Å². The summed E-state index contributed by atoms with van der Waals surface area (Å²) in [5.41, 5.74) is 2.25. The van der Waals surface area contributed by atoms with Crippen molar-refractivity contribution < 1.29 is 14.3 Å². The Morgan fingerprint density at radius 2 is 1.72 bits per heavy atom. The fourth-order valence-electron chi connectivity index (χ4n) is 2.81. The number of aryl methyl sites for hydroxylation is 1. The highest BCUT2D eigenvalue weighted by molar-refractivity contribution is 5.93. The highest BCUT2D eigenvalue weighted by atomic mass is 16.5. The molecule has 0 aliphatic carbocycles. The van der Waals surface area contributed by atoms with Crippen molar-refractivity contribution in [2.24, 2.45) is 0 Å². The molecule has 7 heteroatoms. The van der Waals surface area contributed by atoms with Gasteiger partial charge in [0, 0.05) is 18.3 Å². The quantitative estimate of drug-likeness (QED) is 0.610. The topological polar surface area (TPSA) is 85.4 Å². The Hall–Kier alpha value is -3.61. The average Bonchev–Trinajstić information content (AvgIpc) is 2.74. The Labute approximate surface area is 170 Å². The number of aromatic nitrogens is 2. The fraction of sp³-hybridized carbons (Fsp3) is 0.227. The molecule has 0 aliphatic heterocycles. The molecule has 1 aromatic heterocycles. The van der Waals surface area contributed by atoms with Crippen molar-refractivity contribution in [1.29, 1.82) is 0 Å². The molecule has 3 rings (SSSR count). The molecule has 7 nitrogen and oxygen atoms in total. The van der Waals surface area contributed by atoms with Crippen LogP contribution in [0.25, 0.3) is 0 Å². The molecule has 150 valence electrons. The van der Waals surface area contributed by atoms with Gasteiger partial charge >= 0.3 is 0 Å². The van der Waals surface area contributed by atoms with E-state index in [2.05, 4.69) is 20.6 Å². The molecule has 3 aromatic rings. The van der Waals surface area contributed by atoms with Gasteiger partial charge in [0.15, 0.2) is 0 Å². The van der Waals surface area contributed by atoms with E-state index in [4.69, 9.17) is 9.47 Å². The first-order valence-corrected chi connectivity index (χ1v) is 9.25. The van der Waals surface area contributed by atoms with Crippen molar-refractivity contribution in [2.75, 3.05) is 26.1 Å². The van der Waals surface area contributed by atoms with E-state index >= 15 is 0 Å². The lowest BCUT2D eigenvalue weighted by atomic mass is 10.1. The molecule has 0 atom stereocenters. The lowest BCUT2D eigenvalue weighted by molar-refractivity contribution is 0.0949. The molecule has 29 heavy (non-hydrogen) atoms. The zero-order valence-electron chi connectivity index (χ0n) is 16.7. The van der Waals surface area contributed by atoms with E-state index in [1.54, 1.807) is 27.2 Å². The second-order valence-corrected chi connectivity index (χ2v) is 6.40. The highest BCUT2D eigenvalue weighted by Crippen LogP contribution is 2.19. The molecule has 0 aliphatic rings. The van der Waals surface area contributed by atoms with Crippen molar-refractivity contribution in [3.8, 4) is 11.5 Å². The van der Waals surface area contributed by atoms with E-state index in [1.807, 2.05) is 48.5 Å². The fourth-order valence-corrected chi connectivity index (χ4v) is 2.81. The Balaban J connectivity index is 1.62. The number of nitrogens with zero attached hydrogens (tertiary/aromatic N) is 2. The smallest absolute Gasteiger partial charge is 0.270 e. The highest BCUT2D eigenvalue weighted by Gasteiger charge is 2.11. The van der Waals surface area contributed by atoms with Crippen LogP contribution in [0, 0.1) is 6.92 Å². The number of carbonyl (C=O) groups is 1. The SMILES string of the molecule is COc1ccc(Nc2cc(C(=O)NCCc3cccc(OC)c3)nc(C)n2)cc1. The van der Waals surface area contributed by atoms with Crippen molar-refractivity contribution in [2.45, 2.75) is 13.3 Å². The van der Waals surface area contributed by atoms with Crippen LogP contribution in [0.2, 0.25) is 0 Å². The number of methoxy groups -OCH3 is 2. The molecule has 2 N–H and O–H groups in total. The second-order valence-electron chi connectivity index (χ2n) is 6.40. The van der Waals surface area contributed by atoms with Crippen LogP contribution < -0.4 is 20.1 Å². The summed E-state index contributed by atoms with van der Waals surface area (Å²) < 4.78 is 10.4. The Bertz CT molecular complexity index is 974. The predicted molar refractivity (Wildman–Crippen MR) is 112 cm³/mol. The van der Waals surface area contributed by atoms with Crippen LogP contribution in [0.3, 0.4) is 0 Å². The predicted octanol–water partition coefficient (Wildman–Crippen LogP) is 3.52. The zero-order chi connectivity index (χ0) is 20.6. The molecule has 1 amide bonds. The van der Waals surface area contributed by atoms with Gasteiger partial charge in [-0.15, -0.1) is 0 Å². The standard InChI is InChI=1S/C22H24N4O3/c1-15-24-20(14-21(25-15)26-17-7-9-18(28-2)10-8-17)22(27)23-12-11-16-5-4-6-19(13-16)29-3/h4-10,13-14H,11-12H2,1-3H3,(H,23,27)(H,24,25,26). The van der Waals surface area contributed by atoms with Gasteiger partial charge < -0.3 is 20.1 Å². The van der Waals surface area contributed by atoms with E-state index in [-0.39, 0.29) is 5.91 Å². The molecule has 0 unspecified atom stereocenters. The summed E-state index contributed by atoms with van der Waals surface area (Å²) in [7, 11) is 3.26. The molecule has 0 fully saturated rings. The van der Waals surface area contributed by atoms with E-state index < -0.39 is 0 Å². The summed E-state index contributed by atoms with van der Waals surface area (Å²) >= 11 is 0. The first-order chi connectivity index (χ1) is 14.1. The summed E-state index contributed by atoms with van der Waals surface area (Å²) in [5, 5.41) is 6.09. The van der Waals surface area contributed by atoms with Crippen molar-refractivity contribution in [3.05, 3.63) is 71.7 Å². The lowest BCUT2D eigenvalue weighted by Crippen LogP contribution is -2.27. The molecule has 2 aromatic carbocycles. The summed E-state index contributed by atoms with van der Waals surface area (Å²) in [4.78, 5) is 21.1. The van der Waals surface area contributed by atoms with Gasteiger partial charge in [0.05, 0.1) is 14.2 Å². The number of hydrogen-bond acceptors (Lipinski definition) is 6. The molecular formula is C22H24N4O3. The summed E-state index contributed by atoms with van der Waals surface area (Å²) in [6.07, 6.45) is 0.698. The largest absolute Gasteiger partial charge is 0.497 e. The molecule has 0 saturated heterocycles. The molecule has 0 bridgehead atoms. The van der Waals surface area contributed by atoms with Gasteiger partial charge in [-0.05, 0) is 55.3 Å². The van der Waals surface area contributed by atoms with Crippen molar-refractivity contribution in [1.82, 2.24) is 15.3 Å². The Kier molecular flexibility index (Phi) is 6.63. The van der Waals surface area contributed by atoms with Gasteiger partial charge in [0.2, 0.25) is 0 Å². The van der Waals surface area contributed by atoms with Crippen LogP contribution >= 0.6 is 0 Å². The molecule has 0 spiro atoms. The van der Waals surface area contributed by atoms with E-state index in [0.717, 1.165) is 22.7 Å². The van der Waals surface area contributed by atoms with Crippen LogP contribution in [0.4, 0.5) is 11.5 Å². The molecule has 0 saturated carbocycles.